The molecule has 0 spiro atoms. The zero-order valence-corrected chi connectivity index (χ0v) is 10.9. The zero-order valence-electron chi connectivity index (χ0n) is 10.9. The lowest BCUT2D eigenvalue weighted by Gasteiger charge is -2.34. The lowest BCUT2D eigenvalue weighted by molar-refractivity contribution is 0.0177. The molecule has 1 fully saturated rings. The second-order valence-electron chi connectivity index (χ2n) is 5.27. The van der Waals surface area contributed by atoms with Gasteiger partial charge in [0, 0.05) is 19.6 Å². The van der Waals surface area contributed by atoms with Gasteiger partial charge in [-0.05, 0) is 43.0 Å². The maximum absolute atomic E-state index is 5.52. The van der Waals surface area contributed by atoms with Crippen LogP contribution in [0.25, 0.3) is 0 Å². The van der Waals surface area contributed by atoms with Gasteiger partial charge in [-0.1, -0.05) is 12.1 Å². The molecule has 1 N–H and O–H groups in total. The average molecular weight is 247 g/mol. The highest BCUT2D eigenvalue weighted by molar-refractivity contribution is 5.39. The van der Waals surface area contributed by atoms with Gasteiger partial charge in [-0.25, -0.2) is 0 Å². The van der Waals surface area contributed by atoms with Crippen LogP contribution in [0.4, 0.5) is 0 Å². The fourth-order valence-electron chi connectivity index (χ4n) is 2.74. The first kappa shape index (κ1) is 12.0. The Balaban J connectivity index is 1.43. The first-order valence-corrected chi connectivity index (χ1v) is 6.86. The summed E-state index contributed by atoms with van der Waals surface area (Å²) < 4.78 is 10.8. The molecule has 98 valence electrons. The van der Waals surface area contributed by atoms with E-state index in [2.05, 4.69) is 23.5 Å². The van der Waals surface area contributed by atoms with Gasteiger partial charge in [0.25, 0.3) is 0 Å². The van der Waals surface area contributed by atoms with Crippen molar-refractivity contribution in [3.63, 3.8) is 0 Å². The van der Waals surface area contributed by atoms with Crippen molar-refractivity contribution in [1.29, 1.82) is 0 Å². The van der Waals surface area contributed by atoms with Crippen LogP contribution in [-0.2, 0) is 17.6 Å². The first-order valence-electron chi connectivity index (χ1n) is 6.86. The van der Waals surface area contributed by atoms with Gasteiger partial charge in [-0.3, -0.25) is 0 Å². The van der Waals surface area contributed by atoms with Crippen molar-refractivity contribution in [2.75, 3.05) is 20.3 Å². The highest BCUT2D eigenvalue weighted by atomic mass is 16.5. The number of rotatable bonds is 5. The van der Waals surface area contributed by atoms with Crippen LogP contribution in [0.15, 0.2) is 18.2 Å². The molecule has 0 atom stereocenters. The van der Waals surface area contributed by atoms with E-state index in [9.17, 15) is 0 Å². The van der Waals surface area contributed by atoms with Gasteiger partial charge < -0.3 is 14.8 Å². The maximum atomic E-state index is 5.52. The number of ether oxygens (including phenoxy) is 2. The summed E-state index contributed by atoms with van der Waals surface area (Å²) in [7, 11) is 1.80. The summed E-state index contributed by atoms with van der Waals surface area (Å²) in [6.07, 6.45) is 4.97. The quantitative estimate of drug-likeness (QED) is 0.862. The van der Waals surface area contributed by atoms with E-state index >= 15 is 0 Å². The Morgan fingerprint density at radius 3 is 3.11 bits per heavy atom. The standard InChI is InChI=1S/C15H21NO2/c1-17-14-9-13(10-14)16-6-4-11-2-3-15-12(8-11)5-7-18-15/h2-3,8,13-14,16H,4-7,9-10H2,1H3. The second-order valence-corrected chi connectivity index (χ2v) is 5.27. The zero-order chi connectivity index (χ0) is 12.4. The van der Waals surface area contributed by atoms with Gasteiger partial charge in [0.15, 0.2) is 0 Å². The molecule has 18 heavy (non-hydrogen) atoms. The monoisotopic (exact) mass is 247 g/mol. The Bertz CT molecular complexity index is 413. The normalized spacial score (nSPS) is 25.4. The number of hydrogen-bond acceptors (Lipinski definition) is 3. The van der Waals surface area contributed by atoms with Gasteiger partial charge in [0.2, 0.25) is 0 Å². The molecule has 1 heterocycles. The largest absolute Gasteiger partial charge is 0.493 e. The molecule has 1 aliphatic carbocycles. The SMILES string of the molecule is COC1CC(NCCc2ccc3c(c2)CCO3)C1. The van der Waals surface area contributed by atoms with Crippen LogP contribution in [-0.4, -0.2) is 32.4 Å². The van der Waals surface area contributed by atoms with Crippen molar-refractivity contribution in [2.45, 2.75) is 37.8 Å². The third-order valence-electron chi connectivity index (χ3n) is 4.03. The molecule has 0 amide bonds. The minimum atomic E-state index is 0.486. The molecule has 3 rings (SSSR count). The van der Waals surface area contributed by atoms with Crippen LogP contribution >= 0.6 is 0 Å². The molecule has 3 nitrogen and oxygen atoms in total. The van der Waals surface area contributed by atoms with E-state index in [1.54, 1.807) is 7.11 Å². The topological polar surface area (TPSA) is 30.5 Å². The van der Waals surface area contributed by atoms with E-state index in [1.807, 2.05) is 0 Å². The van der Waals surface area contributed by atoms with E-state index in [4.69, 9.17) is 9.47 Å². The van der Waals surface area contributed by atoms with Gasteiger partial charge in [0.1, 0.15) is 5.75 Å². The number of benzene rings is 1. The van der Waals surface area contributed by atoms with Gasteiger partial charge >= 0.3 is 0 Å². The number of nitrogens with one attached hydrogen (secondary N) is 1. The summed E-state index contributed by atoms with van der Waals surface area (Å²) in [5.41, 5.74) is 2.78. The molecule has 1 saturated carbocycles. The minimum absolute atomic E-state index is 0.486. The summed E-state index contributed by atoms with van der Waals surface area (Å²) in [5.74, 6) is 1.08. The molecule has 0 unspecified atom stereocenters. The average Bonchev–Trinajstić information content (AvgIpc) is 2.79. The van der Waals surface area contributed by atoms with Crippen LogP contribution in [0.5, 0.6) is 5.75 Å². The smallest absolute Gasteiger partial charge is 0.122 e. The van der Waals surface area contributed by atoms with Crippen molar-refractivity contribution >= 4 is 0 Å². The highest BCUT2D eigenvalue weighted by Gasteiger charge is 2.27. The Morgan fingerprint density at radius 2 is 2.28 bits per heavy atom. The lowest BCUT2D eigenvalue weighted by atomic mass is 9.89. The van der Waals surface area contributed by atoms with E-state index in [0.717, 1.165) is 44.6 Å². The van der Waals surface area contributed by atoms with E-state index in [1.165, 1.54) is 11.1 Å². The van der Waals surface area contributed by atoms with Crippen molar-refractivity contribution in [3.05, 3.63) is 29.3 Å². The summed E-state index contributed by atoms with van der Waals surface area (Å²) in [5, 5.41) is 3.59. The third kappa shape index (κ3) is 2.52. The molecule has 0 saturated heterocycles. The van der Waals surface area contributed by atoms with Crippen molar-refractivity contribution in [2.24, 2.45) is 0 Å². The van der Waals surface area contributed by atoms with Crippen LogP contribution in [0, 0.1) is 0 Å². The van der Waals surface area contributed by atoms with E-state index in [-0.39, 0.29) is 0 Å². The fraction of sp³-hybridized carbons (Fsp3) is 0.600. The fourth-order valence-corrected chi connectivity index (χ4v) is 2.74. The molecular formula is C15H21NO2. The molecule has 1 aromatic rings. The lowest BCUT2D eigenvalue weighted by Crippen LogP contribution is -2.45. The molecule has 0 radical (unpaired) electrons. The molecule has 3 heteroatoms. The number of fused-ring (bicyclic) bond motifs is 1. The Labute approximate surface area is 108 Å². The predicted molar refractivity (Wildman–Crippen MR) is 71.2 cm³/mol. The van der Waals surface area contributed by atoms with E-state index in [0.29, 0.717) is 12.1 Å². The molecule has 1 aromatic carbocycles. The van der Waals surface area contributed by atoms with Crippen LogP contribution in [0.3, 0.4) is 0 Å². The van der Waals surface area contributed by atoms with Gasteiger partial charge in [0.05, 0.1) is 12.7 Å². The van der Waals surface area contributed by atoms with Gasteiger partial charge in [-0.2, -0.15) is 0 Å². The minimum Gasteiger partial charge on any atom is -0.493 e. The Kier molecular flexibility index (Phi) is 3.52. The maximum Gasteiger partial charge on any atom is 0.122 e. The van der Waals surface area contributed by atoms with Crippen molar-refractivity contribution in [3.8, 4) is 5.75 Å². The summed E-state index contributed by atoms with van der Waals surface area (Å²) >= 11 is 0. The third-order valence-corrected chi connectivity index (χ3v) is 4.03. The van der Waals surface area contributed by atoms with Crippen LogP contribution in [0.1, 0.15) is 24.0 Å². The predicted octanol–water partition coefficient (Wildman–Crippen LogP) is 1.93. The molecule has 0 bridgehead atoms. The molecule has 2 aliphatic rings. The number of hydrogen-bond donors (Lipinski definition) is 1. The summed E-state index contributed by atoms with van der Waals surface area (Å²) in [6, 6.07) is 7.25. The van der Waals surface area contributed by atoms with Crippen LogP contribution < -0.4 is 10.1 Å². The summed E-state index contributed by atoms with van der Waals surface area (Å²) in [6.45, 7) is 1.90. The van der Waals surface area contributed by atoms with Crippen LogP contribution in [0.2, 0.25) is 0 Å². The Morgan fingerprint density at radius 1 is 1.39 bits per heavy atom. The molecular weight excluding hydrogens is 226 g/mol. The first-order chi connectivity index (χ1) is 8.85. The number of methoxy groups -OCH3 is 1. The summed E-state index contributed by atoms with van der Waals surface area (Å²) in [4.78, 5) is 0. The molecule has 1 aliphatic heterocycles. The van der Waals surface area contributed by atoms with Gasteiger partial charge in [-0.15, -0.1) is 0 Å². The highest BCUT2D eigenvalue weighted by Crippen LogP contribution is 2.26. The van der Waals surface area contributed by atoms with Crippen molar-refractivity contribution < 1.29 is 9.47 Å². The molecule has 0 aromatic heterocycles. The van der Waals surface area contributed by atoms with Crippen molar-refractivity contribution in [1.82, 2.24) is 5.32 Å². The Hall–Kier alpha value is -1.06. The van der Waals surface area contributed by atoms with E-state index < -0.39 is 0 Å². The second kappa shape index (κ2) is 5.29.